The molecule has 1 aromatic rings. The first kappa shape index (κ1) is 23.6. The van der Waals surface area contributed by atoms with E-state index < -0.39 is 44.3 Å². The fraction of sp³-hybridized carbons (Fsp3) is 0.625. The minimum atomic E-state index is -4.23. The Morgan fingerprint density at radius 2 is 2.17 bits per heavy atom. The Balaban J connectivity index is 1.90. The van der Waals surface area contributed by atoms with Crippen molar-refractivity contribution in [1.82, 2.24) is 9.69 Å². The van der Waals surface area contributed by atoms with E-state index in [0.29, 0.717) is 10.4 Å². The van der Waals surface area contributed by atoms with Crippen LogP contribution in [0.2, 0.25) is 0 Å². The molecule has 0 spiro atoms. The van der Waals surface area contributed by atoms with Gasteiger partial charge in [-0.25, -0.2) is 0 Å². The quantitative estimate of drug-likeness (QED) is 0.334. The molecule has 2 rings (SSSR count). The van der Waals surface area contributed by atoms with Crippen LogP contribution in [0, 0.1) is 12.3 Å². The molecule has 0 aromatic carbocycles. The van der Waals surface area contributed by atoms with Crippen molar-refractivity contribution in [2.75, 3.05) is 27.1 Å². The number of methoxy groups -OCH3 is 1. The van der Waals surface area contributed by atoms with E-state index in [1.165, 1.54) is 13.3 Å². The molecule has 0 bridgehead atoms. The van der Waals surface area contributed by atoms with Crippen LogP contribution in [-0.4, -0.2) is 60.3 Å². The van der Waals surface area contributed by atoms with Crippen molar-refractivity contribution in [2.45, 2.75) is 33.3 Å². The van der Waals surface area contributed by atoms with Crippen LogP contribution in [0.1, 0.15) is 35.5 Å². The average molecular weight is 452 g/mol. The van der Waals surface area contributed by atoms with Gasteiger partial charge in [-0.2, -0.15) is 0 Å². The molecule has 1 fully saturated rings. The third kappa shape index (κ3) is 6.39. The molecular weight excluding hydrogens is 427 g/mol. The molecule has 1 saturated heterocycles. The molecule has 1 amide bonds. The molecule has 29 heavy (non-hydrogen) atoms. The molecule has 164 valence electrons. The van der Waals surface area contributed by atoms with Crippen LogP contribution in [-0.2, 0) is 32.6 Å². The number of nitrogens with zero attached hydrogens (tertiary/aromatic N) is 1. The SMILES string of the molecule is COC(=O)CCNC(=O)[C@@H]1O[PH](O)(OCOC(=O)c2sncc2C)OCC1(C)C. The molecule has 0 unspecified atom stereocenters. The summed E-state index contributed by atoms with van der Waals surface area (Å²) in [5, 5.41) is 2.55. The molecule has 13 heteroatoms. The summed E-state index contributed by atoms with van der Waals surface area (Å²) in [4.78, 5) is 46.4. The van der Waals surface area contributed by atoms with Crippen LogP contribution >= 0.6 is 19.7 Å². The van der Waals surface area contributed by atoms with Crippen LogP contribution in [0.5, 0.6) is 0 Å². The number of esters is 2. The fourth-order valence-electron chi connectivity index (χ4n) is 2.37. The number of carbonyl (C=O) groups excluding carboxylic acids is 3. The zero-order chi connectivity index (χ0) is 21.7. The predicted molar refractivity (Wildman–Crippen MR) is 103 cm³/mol. The van der Waals surface area contributed by atoms with Gasteiger partial charge in [0.2, 0.25) is 0 Å². The number of rotatable bonds is 8. The second kappa shape index (κ2) is 9.88. The first-order valence-corrected chi connectivity index (χ1v) is 11.1. The van der Waals surface area contributed by atoms with Crippen LogP contribution in [0.25, 0.3) is 0 Å². The summed E-state index contributed by atoms with van der Waals surface area (Å²) in [6.45, 7) is 4.57. The van der Waals surface area contributed by atoms with Crippen LogP contribution < -0.4 is 5.32 Å². The standard InChI is InChI=1S/C16H25N2O9PS/c1-10-7-18-29-12(10)15(21)24-9-26-28(22)25-8-16(2,3)13(27-28)14(20)17-6-5-11(19)23-4/h7,13,22,28H,5-6,8-9H2,1-4H3,(H,17,20)/t13-/m0/s1. The monoisotopic (exact) mass is 452 g/mol. The van der Waals surface area contributed by atoms with E-state index in [2.05, 4.69) is 14.4 Å². The van der Waals surface area contributed by atoms with Crippen molar-refractivity contribution in [3.63, 3.8) is 0 Å². The van der Waals surface area contributed by atoms with Gasteiger partial charge in [0, 0.05) is 0 Å². The first-order valence-electron chi connectivity index (χ1n) is 8.69. The normalized spacial score (nSPS) is 21.1. The number of nitrogens with one attached hydrogen (secondary N) is 1. The molecule has 0 radical (unpaired) electrons. The Bertz CT molecular complexity index is 757. The molecule has 0 aliphatic carbocycles. The van der Waals surface area contributed by atoms with Crippen molar-refractivity contribution in [3.8, 4) is 0 Å². The molecule has 1 aliphatic rings. The van der Waals surface area contributed by atoms with E-state index in [1.54, 1.807) is 20.8 Å². The summed E-state index contributed by atoms with van der Waals surface area (Å²) < 4.78 is 29.3. The molecule has 1 atom stereocenters. The molecule has 1 aliphatic heterocycles. The topological polar surface area (TPSA) is 143 Å². The summed E-state index contributed by atoms with van der Waals surface area (Å²) in [6, 6.07) is 0. The molecule has 2 N–H and O–H groups in total. The molecule has 11 nitrogen and oxygen atoms in total. The molecule has 0 saturated carbocycles. The van der Waals surface area contributed by atoms with Gasteiger partial charge in [0.05, 0.1) is 0 Å². The summed E-state index contributed by atoms with van der Waals surface area (Å²) >= 11 is 0.978. The summed E-state index contributed by atoms with van der Waals surface area (Å²) in [7, 11) is -2.98. The van der Waals surface area contributed by atoms with Crippen molar-refractivity contribution in [2.24, 2.45) is 5.41 Å². The van der Waals surface area contributed by atoms with Gasteiger partial charge < -0.3 is 0 Å². The van der Waals surface area contributed by atoms with Crippen LogP contribution in [0.3, 0.4) is 0 Å². The molecular formula is C16H25N2O9PS. The predicted octanol–water partition coefficient (Wildman–Crippen LogP) is 1.11. The second-order valence-electron chi connectivity index (χ2n) is 6.95. The Hall–Kier alpha value is -1.69. The van der Waals surface area contributed by atoms with E-state index in [-0.39, 0.29) is 19.6 Å². The Morgan fingerprint density at radius 3 is 2.79 bits per heavy atom. The number of aryl methyl sites for hydroxylation is 1. The van der Waals surface area contributed by atoms with Gasteiger partial charge in [-0.05, 0) is 0 Å². The minimum absolute atomic E-state index is 0.00295. The maximum absolute atomic E-state index is 12.5. The summed E-state index contributed by atoms with van der Waals surface area (Å²) in [6.07, 6.45) is 0.435. The number of aromatic nitrogens is 1. The second-order valence-corrected chi connectivity index (χ2v) is 9.61. The summed E-state index contributed by atoms with van der Waals surface area (Å²) in [5.74, 6) is -1.66. The average Bonchev–Trinajstić information content (AvgIpc) is 3.09. The summed E-state index contributed by atoms with van der Waals surface area (Å²) in [5.41, 5.74) is -0.111. The Morgan fingerprint density at radius 1 is 1.45 bits per heavy atom. The van der Waals surface area contributed by atoms with Gasteiger partial charge >= 0.3 is 172 Å². The fourth-order valence-corrected chi connectivity index (χ4v) is 4.72. The number of carbonyl (C=O) groups is 3. The van der Waals surface area contributed by atoms with Crippen LogP contribution in [0.4, 0.5) is 0 Å². The van der Waals surface area contributed by atoms with Gasteiger partial charge in [-0.3, -0.25) is 0 Å². The zero-order valence-corrected chi connectivity index (χ0v) is 18.4. The first-order chi connectivity index (χ1) is 13.6. The van der Waals surface area contributed by atoms with Crippen molar-refractivity contribution in [1.29, 1.82) is 0 Å². The van der Waals surface area contributed by atoms with Crippen molar-refractivity contribution >= 4 is 37.5 Å². The number of hydrogen-bond donors (Lipinski definition) is 2. The van der Waals surface area contributed by atoms with Gasteiger partial charge in [0.1, 0.15) is 0 Å². The van der Waals surface area contributed by atoms with E-state index in [4.69, 9.17) is 18.3 Å². The van der Waals surface area contributed by atoms with Gasteiger partial charge in [0.15, 0.2) is 0 Å². The van der Waals surface area contributed by atoms with Crippen molar-refractivity contribution < 1.29 is 42.3 Å². The molecule has 1 aromatic heterocycles. The van der Waals surface area contributed by atoms with Gasteiger partial charge in [0.25, 0.3) is 0 Å². The Kier molecular flexibility index (Phi) is 8.03. The third-order valence-corrected chi connectivity index (χ3v) is 6.47. The number of amides is 1. The third-order valence-electron chi connectivity index (χ3n) is 4.06. The van der Waals surface area contributed by atoms with Crippen molar-refractivity contribution in [3.05, 3.63) is 16.6 Å². The maximum atomic E-state index is 12.5. The van der Waals surface area contributed by atoms with Gasteiger partial charge in [-0.15, -0.1) is 0 Å². The van der Waals surface area contributed by atoms with Crippen LogP contribution in [0.15, 0.2) is 6.20 Å². The van der Waals surface area contributed by atoms with E-state index >= 15 is 0 Å². The number of hydrogen-bond acceptors (Lipinski definition) is 11. The van der Waals surface area contributed by atoms with E-state index in [9.17, 15) is 19.3 Å². The van der Waals surface area contributed by atoms with E-state index in [0.717, 1.165) is 11.5 Å². The van der Waals surface area contributed by atoms with E-state index in [1.807, 2.05) is 0 Å². The Labute approximate surface area is 172 Å². The molecule has 2 heterocycles. The number of ether oxygens (including phenoxy) is 2. The zero-order valence-electron chi connectivity index (χ0n) is 16.6. The van der Waals surface area contributed by atoms with Gasteiger partial charge in [-0.1, -0.05) is 0 Å².